The molecule has 0 aromatic carbocycles. The lowest BCUT2D eigenvalue weighted by Gasteiger charge is -2.25. The van der Waals surface area contributed by atoms with Gasteiger partial charge in [0.25, 0.3) is 0 Å². The van der Waals surface area contributed by atoms with Crippen molar-refractivity contribution in [3.05, 3.63) is 29.3 Å². The Morgan fingerprint density at radius 2 is 2.20 bits per heavy atom. The normalized spacial score (nSPS) is 13.9. The quantitative estimate of drug-likeness (QED) is 0.776. The molecule has 0 saturated heterocycles. The standard InChI is InChI=1S/C9H13FN2O2S/c1-6-8(10)7(4-5-11-6)9(2,3)12-15(13)14/h4-5,12H,1-3H3,(H,13,14). The van der Waals surface area contributed by atoms with E-state index in [-0.39, 0.29) is 5.69 Å². The zero-order valence-electron chi connectivity index (χ0n) is 8.74. The van der Waals surface area contributed by atoms with E-state index in [1.807, 2.05) is 0 Å². The highest BCUT2D eigenvalue weighted by Crippen LogP contribution is 2.23. The van der Waals surface area contributed by atoms with Gasteiger partial charge in [0.1, 0.15) is 5.82 Å². The average molecular weight is 232 g/mol. The molecule has 1 unspecified atom stereocenters. The number of pyridine rings is 1. The molecule has 0 aliphatic heterocycles. The van der Waals surface area contributed by atoms with Crippen molar-refractivity contribution in [3.63, 3.8) is 0 Å². The predicted octanol–water partition coefficient (Wildman–Crippen LogP) is 1.49. The summed E-state index contributed by atoms with van der Waals surface area (Å²) in [5, 5.41) is 0. The first-order valence-electron chi connectivity index (χ1n) is 4.35. The maximum Gasteiger partial charge on any atom is 0.232 e. The highest BCUT2D eigenvalue weighted by atomic mass is 32.2. The van der Waals surface area contributed by atoms with Crippen molar-refractivity contribution in [1.82, 2.24) is 9.71 Å². The highest BCUT2D eigenvalue weighted by molar-refractivity contribution is 7.77. The third kappa shape index (κ3) is 2.80. The van der Waals surface area contributed by atoms with Gasteiger partial charge in [-0.2, -0.15) is 0 Å². The van der Waals surface area contributed by atoms with Crippen molar-refractivity contribution in [3.8, 4) is 0 Å². The number of hydrogen-bond acceptors (Lipinski definition) is 2. The van der Waals surface area contributed by atoms with E-state index in [1.54, 1.807) is 20.8 Å². The molecular weight excluding hydrogens is 219 g/mol. The molecule has 0 spiro atoms. The molecule has 0 radical (unpaired) electrons. The molecule has 0 aliphatic rings. The molecule has 0 fully saturated rings. The van der Waals surface area contributed by atoms with Crippen LogP contribution in [0.4, 0.5) is 4.39 Å². The first-order chi connectivity index (χ1) is 6.84. The summed E-state index contributed by atoms with van der Waals surface area (Å²) in [7, 11) is 0. The van der Waals surface area contributed by atoms with Gasteiger partial charge in [-0.05, 0) is 26.8 Å². The van der Waals surface area contributed by atoms with Crippen molar-refractivity contribution in [2.45, 2.75) is 26.3 Å². The Balaban J connectivity index is 3.14. The SMILES string of the molecule is Cc1nccc(C(C)(C)NS(=O)O)c1F. The molecule has 1 rings (SSSR count). The molecule has 1 atom stereocenters. The smallest absolute Gasteiger partial charge is 0.232 e. The van der Waals surface area contributed by atoms with Gasteiger partial charge in [0.15, 0.2) is 0 Å². The topological polar surface area (TPSA) is 62.2 Å². The second kappa shape index (κ2) is 4.34. The van der Waals surface area contributed by atoms with Gasteiger partial charge < -0.3 is 0 Å². The lowest BCUT2D eigenvalue weighted by atomic mass is 9.95. The minimum absolute atomic E-state index is 0.270. The van der Waals surface area contributed by atoms with Gasteiger partial charge >= 0.3 is 0 Å². The number of aryl methyl sites for hydroxylation is 1. The van der Waals surface area contributed by atoms with Crippen LogP contribution in [0.1, 0.15) is 25.1 Å². The van der Waals surface area contributed by atoms with Crippen LogP contribution >= 0.6 is 0 Å². The van der Waals surface area contributed by atoms with Gasteiger partial charge in [-0.15, -0.1) is 0 Å². The average Bonchev–Trinajstić information content (AvgIpc) is 2.07. The number of aromatic nitrogens is 1. The summed E-state index contributed by atoms with van der Waals surface area (Å²) >= 11 is -2.19. The summed E-state index contributed by atoms with van der Waals surface area (Å²) in [6, 6.07) is 1.49. The third-order valence-corrected chi connectivity index (χ3v) is 2.76. The summed E-state index contributed by atoms with van der Waals surface area (Å²) in [5.41, 5.74) is -0.333. The van der Waals surface area contributed by atoms with Gasteiger partial charge in [0.2, 0.25) is 11.3 Å². The van der Waals surface area contributed by atoms with Crippen LogP contribution in [0.15, 0.2) is 12.3 Å². The first-order valence-corrected chi connectivity index (χ1v) is 5.45. The lowest BCUT2D eigenvalue weighted by molar-refractivity contribution is 0.434. The first kappa shape index (κ1) is 12.2. The molecule has 0 bridgehead atoms. The Morgan fingerprint density at radius 1 is 1.60 bits per heavy atom. The van der Waals surface area contributed by atoms with Crippen LogP contribution in [0.5, 0.6) is 0 Å². The fourth-order valence-corrected chi connectivity index (χ4v) is 1.85. The van der Waals surface area contributed by atoms with Crippen LogP contribution in [0.25, 0.3) is 0 Å². The number of halogens is 1. The molecule has 4 nitrogen and oxygen atoms in total. The fraction of sp³-hybridized carbons (Fsp3) is 0.444. The van der Waals surface area contributed by atoms with Crippen molar-refractivity contribution in [2.75, 3.05) is 0 Å². The monoisotopic (exact) mass is 232 g/mol. The fourth-order valence-electron chi connectivity index (χ4n) is 1.30. The zero-order valence-corrected chi connectivity index (χ0v) is 9.56. The summed E-state index contributed by atoms with van der Waals surface area (Å²) in [6.45, 7) is 4.79. The van der Waals surface area contributed by atoms with E-state index in [2.05, 4.69) is 9.71 Å². The molecule has 2 N–H and O–H groups in total. The second-order valence-corrected chi connectivity index (χ2v) is 4.44. The number of nitrogens with zero attached hydrogens (tertiary/aromatic N) is 1. The summed E-state index contributed by atoms with van der Waals surface area (Å²) in [4.78, 5) is 3.79. The van der Waals surface area contributed by atoms with E-state index >= 15 is 0 Å². The van der Waals surface area contributed by atoms with Gasteiger partial charge in [0.05, 0.1) is 11.2 Å². The van der Waals surface area contributed by atoms with E-state index in [9.17, 15) is 8.60 Å². The Kier molecular flexibility index (Phi) is 3.54. The summed E-state index contributed by atoms with van der Waals surface area (Å²) < 4.78 is 35.4. The zero-order chi connectivity index (χ0) is 11.6. The van der Waals surface area contributed by atoms with Crippen LogP contribution in [0, 0.1) is 12.7 Å². The van der Waals surface area contributed by atoms with Crippen LogP contribution in [0.3, 0.4) is 0 Å². The minimum atomic E-state index is -2.19. The van der Waals surface area contributed by atoms with Crippen molar-refractivity contribution < 1.29 is 13.2 Å². The molecular formula is C9H13FN2O2S. The molecule has 1 aromatic rings. The van der Waals surface area contributed by atoms with E-state index in [0.717, 1.165) is 0 Å². The molecule has 6 heteroatoms. The van der Waals surface area contributed by atoms with Gasteiger partial charge in [-0.3, -0.25) is 9.54 Å². The number of rotatable bonds is 3. The molecule has 15 heavy (non-hydrogen) atoms. The summed E-state index contributed by atoms with van der Waals surface area (Å²) in [5.74, 6) is -0.458. The molecule has 84 valence electrons. The van der Waals surface area contributed by atoms with Crippen LogP contribution in [-0.2, 0) is 16.8 Å². The van der Waals surface area contributed by atoms with Crippen molar-refractivity contribution in [1.29, 1.82) is 0 Å². The molecule has 1 heterocycles. The number of hydrogen-bond donors (Lipinski definition) is 2. The third-order valence-electron chi connectivity index (χ3n) is 2.08. The maximum atomic E-state index is 13.7. The largest absolute Gasteiger partial charge is 0.294 e. The van der Waals surface area contributed by atoms with Crippen LogP contribution < -0.4 is 4.72 Å². The number of nitrogens with one attached hydrogen (secondary N) is 1. The lowest BCUT2D eigenvalue weighted by Crippen LogP contribution is -2.38. The van der Waals surface area contributed by atoms with E-state index < -0.39 is 22.6 Å². The second-order valence-electron chi connectivity index (χ2n) is 3.73. The molecule has 0 saturated carbocycles. The highest BCUT2D eigenvalue weighted by Gasteiger charge is 2.26. The predicted molar refractivity (Wildman–Crippen MR) is 55.9 cm³/mol. The Bertz CT molecular complexity index is 396. The van der Waals surface area contributed by atoms with E-state index in [1.165, 1.54) is 12.3 Å². The van der Waals surface area contributed by atoms with E-state index in [0.29, 0.717) is 5.56 Å². The van der Waals surface area contributed by atoms with Gasteiger partial charge in [-0.25, -0.2) is 13.3 Å². The minimum Gasteiger partial charge on any atom is -0.294 e. The Morgan fingerprint density at radius 3 is 2.73 bits per heavy atom. The maximum absolute atomic E-state index is 13.7. The van der Waals surface area contributed by atoms with Gasteiger partial charge in [-0.1, -0.05) is 0 Å². The summed E-state index contributed by atoms with van der Waals surface area (Å²) in [6.07, 6.45) is 1.47. The Labute approximate surface area is 90.3 Å². The van der Waals surface area contributed by atoms with Crippen molar-refractivity contribution in [2.24, 2.45) is 0 Å². The molecule has 0 aliphatic carbocycles. The Hall–Kier alpha value is -0.850. The van der Waals surface area contributed by atoms with Crippen LogP contribution in [-0.4, -0.2) is 13.7 Å². The van der Waals surface area contributed by atoms with Crippen LogP contribution in [0.2, 0.25) is 0 Å². The molecule has 0 amide bonds. The van der Waals surface area contributed by atoms with Crippen molar-refractivity contribution >= 4 is 11.3 Å². The van der Waals surface area contributed by atoms with E-state index in [4.69, 9.17) is 4.55 Å². The van der Waals surface area contributed by atoms with Gasteiger partial charge in [0, 0.05) is 11.8 Å². The molecule has 1 aromatic heterocycles.